The first-order valence-corrected chi connectivity index (χ1v) is 9.17. The second-order valence-corrected chi connectivity index (χ2v) is 8.98. The summed E-state index contributed by atoms with van der Waals surface area (Å²) in [5.41, 5.74) is 0.273. The fourth-order valence-corrected chi connectivity index (χ4v) is 4.87. The van der Waals surface area contributed by atoms with Gasteiger partial charge in [-0.05, 0) is 30.6 Å². The van der Waals surface area contributed by atoms with E-state index in [9.17, 15) is 8.42 Å². The van der Waals surface area contributed by atoms with E-state index < -0.39 is 10.2 Å². The Bertz CT molecular complexity index is 411. The van der Waals surface area contributed by atoms with Gasteiger partial charge in [0.2, 0.25) is 0 Å². The van der Waals surface area contributed by atoms with Gasteiger partial charge in [-0.3, -0.25) is 0 Å². The summed E-state index contributed by atoms with van der Waals surface area (Å²) in [6.45, 7) is 10.9. The third kappa shape index (κ3) is 3.72. The zero-order valence-electron chi connectivity index (χ0n) is 13.1. The van der Waals surface area contributed by atoms with Crippen LogP contribution >= 0.6 is 0 Å². The first-order chi connectivity index (χ1) is 9.32. The molecule has 0 bridgehead atoms. The molecule has 0 aromatic rings. The van der Waals surface area contributed by atoms with Gasteiger partial charge in [-0.2, -0.15) is 17.0 Å². The Morgan fingerprint density at radius 2 is 1.55 bits per heavy atom. The van der Waals surface area contributed by atoms with Crippen molar-refractivity contribution in [1.29, 1.82) is 0 Å². The number of hydrogen-bond acceptors (Lipinski definition) is 3. The van der Waals surface area contributed by atoms with E-state index in [-0.39, 0.29) is 5.41 Å². The van der Waals surface area contributed by atoms with Crippen molar-refractivity contribution < 1.29 is 8.42 Å². The molecule has 0 saturated carbocycles. The van der Waals surface area contributed by atoms with E-state index in [1.807, 2.05) is 0 Å². The standard InChI is InChI=1S/C14H29N3O2S/c1-14(2,3)13-5-4-9-16(10-6-13)20(18,19)17-11-7-15-8-12-17/h13,15H,4-12H2,1-3H3. The number of piperazine rings is 1. The molecule has 2 saturated heterocycles. The van der Waals surface area contributed by atoms with Crippen LogP contribution in [0.5, 0.6) is 0 Å². The van der Waals surface area contributed by atoms with E-state index in [4.69, 9.17) is 0 Å². The molecule has 1 atom stereocenters. The lowest BCUT2D eigenvalue weighted by molar-refractivity contribution is 0.216. The van der Waals surface area contributed by atoms with Gasteiger partial charge in [0, 0.05) is 39.3 Å². The molecule has 20 heavy (non-hydrogen) atoms. The smallest absolute Gasteiger partial charge is 0.282 e. The predicted molar refractivity (Wildman–Crippen MR) is 81.7 cm³/mol. The molecule has 0 aromatic heterocycles. The number of rotatable bonds is 2. The van der Waals surface area contributed by atoms with Gasteiger partial charge >= 0.3 is 0 Å². The highest BCUT2D eigenvalue weighted by Gasteiger charge is 2.34. The average molecular weight is 303 g/mol. The van der Waals surface area contributed by atoms with Crippen LogP contribution < -0.4 is 5.32 Å². The van der Waals surface area contributed by atoms with Gasteiger partial charge in [0.1, 0.15) is 0 Å². The second-order valence-electron chi connectivity index (χ2n) is 7.05. The highest BCUT2D eigenvalue weighted by atomic mass is 32.2. The van der Waals surface area contributed by atoms with Crippen LogP contribution in [0.2, 0.25) is 0 Å². The Labute approximate surface area is 123 Å². The van der Waals surface area contributed by atoms with Crippen molar-refractivity contribution in [2.24, 2.45) is 11.3 Å². The summed E-state index contributed by atoms with van der Waals surface area (Å²) in [5.74, 6) is 0.616. The second kappa shape index (κ2) is 6.30. The van der Waals surface area contributed by atoms with E-state index in [0.29, 0.717) is 32.1 Å². The van der Waals surface area contributed by atoms with Crippen LogP contribution in [0.25, 0.3) is 0 Å². The van der Waals surface area contributed by atoms with Crippen LogP contribution in [0.1, 0.15) is 40.0 Å². The topological polar surface area (TPSA) is 52.7 Å². The fraction of sp³-hybridized carbons (Fsp3) is 1.00. The minimum atomic E-state index is -3.25. The largest absolute Gasteiger partial charge is 0.314 e. The summed E-state index contributed by atoms with van der Waals surface area (Å²) >= 11 is 0. The Kier molecular flexibility index (Phi) is 5.10. The summed E-state index contributed by atoms with van der Waals surface area (Å²) in [6, 6.07) is 0. The number of nitrogens with zero attached hydrogens (tertiary/aromatic N) is 2. The lowest BCUT2D eigenvalue weighted by atomic mass is 9.77. The molecule has 0 amide bonds. The van der Waals surface area contributed by atoms with Gasteiger partial charge < -0.3 is 5.32 Å². The molecule has 2 aliphatic rings. The molecule has 0 aromatic carbocycles. The van der Waals surface area contributed by atoms with Crippen LogP contribution in [0, 0.1) is 11.3 Å². The van der Waals surface area contributed by atoms with Crippen LogP contribution in [-0.2, 0) is 10.2 Å². The Hall–Kier alpha value is -0.170. The molecule has 0 aliphatic carbocycles. The van der Waals surface area contributed by atoms with Gasteiger partial charge in [-0.15, -0.1) is 0 Å². The van der Waals surface area contributed by atoms with E-state index in [1.165, 1.54) is 0 Å². The first kappa shape index (κ1) is 16.2. The fourth-order valence-electron chi connectivity index (χ4n) is 3.21. The highest BCUT2D eigenvalue weighted by molar-refractivity contribution is 7.86. The zero-order chi connectivity index (χ0) is 14.8. The highest BCUT2D eigenvalue weighted by Crippen LogP contribution is 2.34. The summed E-state index contributed by atoms with van der Waals surface area (Å²) in [4.78, 5) is 0. The minimum Gasteiger partial charge on any atom is -0.314 e. The van der Waals surface area contributed by atoms with Crippen molar-refractivity contribution >= 4 is 10.2 Å². The maximum absolute atomic E-state index is 12.7. The Balaban J connectivity index is 2.02. The van der Waals surface area contributed by atoms with Gasteiger partial charge in [-0.25, -0.2) is 0 Å². The molecular weight excluding hydrogens is 274 g/mol. The van der Waals surface area contributed by atoms with Crippen LogP contribution in [-0.4, -0.2) is 56.3 Å². The first-order valence-electron chi connectivity index (χ1n) is 7.78. The molecule has 2 heterocycles. The summed E-state index contributed by atoms with van der Waals surface area (Å²) < 4.78 is 28.7. The van der Waals surface area contributed by atoms with Crippen molar-refractivity contribution in [3.63, 3.8) is 0 Å². The summed E-state index contributed by atoms with van der Waals surface area (Å²) in [6.07, 6.45) is 3.10. The van der Waals surface area contributed by atoms with E-state index in [1.54, 1.807) is 8.61 Å². The van der Waals surface area contributed by atoms with Crippen molar-refractivity contribution in [3.8, 4) is 0 Å². The van der Waals surface area contributed by atoms with Gasteiger partial charge in [0.05, 0.1) is 0 Å². The lowest BCUT2D eigenvalue weighted by Crippen LogP contribution is -2.52. The molecule has 118 valence electrons. The third-order valence-corrected chi connectivity index (χ3v) is 6.68. The number of nitrogens with one attached hydrogen (secondary N) is 1. The van der Waals surface area contributed by atoms with Crippen LogP contribution in [0.4, 0.5) is 0 Å². The van der Waals surface area contributed by atoms with Crippen molar-refractivity contribution in [3.05, 3.63) is 0 Å². The normalized spacial score (nSPS) is 28.2. The SMILES string of the molecule is CC(C)(C)C1CCCN(S(=O)(=O)N2CCNCC2)CC1. The molecule has 1 N–H and O–H groups in total. The van der Waals surface area contributed by atoms with E-state index in [0.717, 1.165) is 32.4 Å². The van der Waals surface area contributed by atoms with Gasteiger partial charge in [-0.1, -0.05) is 20.8 Å². The Morgan fingerprint density at radius 3 is 2.15 bits per heavy atom. The lowest BCUT2D eigenvalue weighted by Gasteiger charge is -2.32. The van der Waals surface area contributed by atoms with Crippen molar-refractivity contribution in [2.45, 2.75) is 40.0 Å². The van der Waals surface area contributed by atoms with Crippen LogP contribution in [0.3, 0.4) is 0 Å². The van der Waals surface area contributed by atoms with Crippen molar-refractivity contribution in [1.82, 2.24) is 13.9 Å². The average Bonchev–Trinajstić information content (AvgIpc) is 2.65. The number of hydrogen-bond donors (Lipinski definition) is 1. The predicted octanol–water partition coefficient (Wildman–Crippen LogP) is 1.28. The molecule has 6 heteroatoms. The van der Waals surface area contributed by atoms with E-state index in [2.05, 4.69) is 26.1 Å². The Morgan fingerprint density at radius 1 is 0.950 bits per heavy atom. The maximum atomic E-state index is 12.7. The summed E-state index contributed by atoms with van der Waals surface area (Å²) in [5, 5.41) is 3.20. The molecule has 2 fully saturated rings. The molecule has 1 unspecified atom stereocenters. The molecule has 0 spiro atoms. The van der Waals surface area contributed by atoms with Gasteiger partial charge in [0.25, 0.3) is 10.2 Å². The molecule has 5 nitrogen and oxygen atoms in total. The van der Waals surface area contributed by atoms with Gasteiger partial charge in [0.15, 0.2) is 0 Å². The molecule has 2 rings (SSSR count). The molecule has 0 radical (unpaired) electrons. The quantitative estimate of drug-likeness (QED) is 0.836. The van der Waals surface area contributed by atoms with E-state index >= 15 is 0 Å². The van der Waals surface area contributed by atoms with Crippen LogP contribution in [0.15, 0.2) is 0 Å². The molecule has 2 aliphatic heterocycles. The summed E-state index contributed by atoms with van der Waals surface area (Å²) in [7, 11) is -3.25. The molecular formula is C14H29N3O2S. The maximum Gasteiger partial charge on any atom is 0.282 e. The monoisotopic (exact) mass is 303 g/mol. The minimum absolute atomic E-state index is 0.273. The van der Waals surface area contributed by atoms with Crippen molar-refractivity contribution in [2.75, 3.05) is 39.3 Å². The third-order valence-electron chi connectivity index (χ3n) is 4.64. The zero-order valence-corrected chi connectivity index (χ0v) is 13.9.